The Hall–Kier alpha value is -4.46. The van der Waals surface area contributed by atoms with E-state index in [2.05, 4.69) is 5.32 Å². The van der Waals surface area contributed by atoms with Crippen molar-refractivity contribution in [3.05, 3.63) is 94.8 Å². The summed E-state index contributed by atoms with van der Waals surface area (Å²) in [5.41, 5.74) is 2.08. The molecule has 1 aliphatic heterocycles. The topological polar surface area (TPSA) is 84.9 Å². The zero-order chi connectivity index (χ0) is 24.9. The van der Waals surface area contributed by atoms with Gasteiger partial charge in [0, 0.05) is 0 Å². The molecule has 3 aromatic rings. The van der Waals surface area contributed by atoms with Crippen LogP contribution in [0.2, 0.25) is 0 Å². The van der Waals surface area contributed by atoms with Gasteiger partial charge in [-0.2, -0.15) is 0 Å². The normalized spacial score (nSPS) is 14.8. The van der Waals surface area contributed by atoms with Crippen molar-refractivity contribution < 1.29 is 28.2 Å². The van der Waals surface area contributed by atoms with Gasteiger partial charge in [0.1, 0.15) is 22.9 Å². The number of benzene rings is 3. The number of anilines is 1. The molecule has 1 fully saturated rings. The standard InChI is InChI=1S/C27H23FN2O5/c1-3-35-22-11-8-21(9-12-22)30-26(32)24(25(31)29-27(30)33)16-18-7-10-23(34-2)15-19(18)13-17-5-4-6-20(28)14-17/h4-12,14-16H,3,13H2,1-2H3,(H,29,31,33)/b24-16+. The largest absolute Gasteiger partial charge is 0.497 e. The van der Waals surface area contributed by atoms with Gasteiger partial charge in [-0.15, -0.1) is 0 Å². The molecule has 0 spiro atoms. The summed E-state index contributed by atoms with van der Waals surface area (Å²) >= 11 is 0. The first-order valence-electron chi connectivity index (χ1n) is 10.9. The minimum atomic E-state index is -0.837. The number of hydrogen-bond acceptors (Lipinski definition) is 5. The van der Waals surface area contributed by atoms with E-state index in [1.807, 2.05) is 6.92 Å². The molecule has 8 heteroatoms. The molecule has 0 atom stereocenters. The smallest absolute Gasteiger partial charge is 0.335 e. The van der Waals surface area contributed by atoms with Crippen molar-refractivity contribution in [1.82, 2.24) is 5.32 Å². The number of carbonyl (C=O) groups is 3. The Balaban J connectivity index is 1.71. The number of barbiturate groups is 1. The summed E-state index contributed by atoms with van der Waals surface area (Å²) in [6, 6.07) is 16.9. The van der Waals surface area contributed by atoms with Crippen LogP contribution in [0, 0.1) is 5.82 Å². The summed E-state index contributed by atoms with van der Waals surface area (Å²) in [4.78, 5) is 39.3. The Kier molecular flexibility index (Phi) is 6.91. The van der Waals surface area contributed by atoms with Crippen LogP contribution >= 0.6 is 0 Å². The predicted octanol–water partition coefficient (Wildman–Crippen LogP) is 4.49. The van der Waals surface area contributed by atoms with E-state index in [1.54, 1.807) is 54.6 Å². The fourth-order valence-electron chi connectivity index (χ4n) is 3.78. The number of imide groups is 2. The number of nitrogens with zero attached hydrogens (tertiary/aromatic N) is 1. The molecule has 1 saturated heterocycles. The van der Waals surface area contributed by atoms with E-state index in [9.17, 15) is 18.8 Å². The summed E-state index contributed by atoms with van der Waals surface area (Å²) in [6.07, 6.45) is 1.77. The average Bonchev–Trinajstić information content (AvgIpc) is 2.83. The van der Waals surface area contributed by atoms with Crippen LogP contribution in [0.3, 0.4) is 0 Å². The highest BCUT2D eigenvalue weighted by Gasteiger charge is 2.37. The van der Waals surface area contributed by atoms with Crippen LogP contribution in [0.15, 0.2) is 72.3 Å². The molecule has 0 aliphatic carbocycles. The van der Waals surface area contributed by atoms with Crippen LogP contribution in [0.1, 0.15) is 23.6 Å². The quantitative estimate of drug-likeness (QED) is 0.403. The SMILES string of the molecule is CCOc1ccc(N2C(=O)NC(=O)/C(=C\c3ccc(OC)cc3Cc3cccc(F)c3)C2=O)cc1. The van der Waals surface area contributed by atoms with Crippen molar-refractivity contribution in [2.75, 3.05) is 18.6 Å². The van der Waals surface area contributed by atoms with Crippen LogP contribution in [0.4, 0.5) is 14.9 Å². The number of amides is 4. The van der Waals surface area contributed by atoms with Gasteiger partial charge in [0.25, 0.3) is 11.8 Å². The molecule has 178 valence electrons. The monoisotopic (exact) mass is 474 g/mol. The highest BCUT2D eigenvalue weighted by atomic mass is 19.1. The number of nitrogens with one attached hydrogen (secondary N) is 1. The minimum absolute atomic E-state index is 0.204. The number of methoxy groups -OCH3 is 1. The molecule has 4 amide bonds. The lowest BCUT2D eigenvalue weighted by Crippen LogP contribution is -2.54. The molecular formula is C27H23FN2O5. The van der Waals surface area contributed by atoms with Crippen LogP contribution in [-0.2, 0) is 16.0 Å². The number of urea groups is 1. The molecule has 1 heterocycles. The lowest BCUT2D eigenvalue weighted by atomic mass is 9.97. The first-order valence-corrected chi connectivity index (χ1v) is 10.9. The molecule has 35 heavy (non-hydrogen) atoms. The highest BCUT2D eigenvalue weighted by molar-refractivity contribution is 6.39. The summed E-state index contributed by atoms with van der Waals surface area (Å²) < 4.78 is 24.4. The third kappa shape index (κ3) is 5.22. The van der Waals surface area contributed by atoms with E-state index in [4.69, 9.17) is 9.47 Å². The first-order chi connectivity index (χ1) is 16.9. The Morgan fingerprint density at radius 2 is 1.71 bits per heavy atom. The summed E-state index contributed by atoms with van der Waals surface area (Å²) in [5, 5.41) is 2.22. The molecule has 1 N–H and O–H groups in total. The van der Waals surface area contributed by atoms with Gasteiger partial charge in [-0.05, 0) is 84.6 Å². The van der Waals surface area contributed by atoms with E-state index in [0.717, 1.165) is 4.90 Å². The Morgan fingerprint density at radius 3 is 2.40 bits per heavy atom. The molecule has 0 aromatic heterocycles. The fourth-order valence-corrected chi connectivity index (χ4v) is 3.78. The molecule has 7 nitrogen and oxygen atoms in total. The second-order valence-electron chi connectivity index (χ2n) is 7.76. The van der Waals surface area contributed by atoms with Crippen molar-refractivity contribution in [1.29, 1.82) is 0 Å². The lowest BCUT2D eigenvalue weighted by Gasteiger charge is -2.26. The Labute approximate surface area is 201 Å². The van der Waals surface area contributed by atoms with E-state index in [-0.39, 0.29) is 11.4 Å². The third-order valence-electron chi connectivity index (χ3n) is 5.44. The van der Waals surface area contributed by atoms with Gasteiger partial charge < -0.3 is 9.47 Å². The molecule has 4 rings (SSSR count). The number of hydrogen-bond donors (Lipinski definition) is 1. The lowest BCUT2D eigenvalue weighted by molar-refractivity contribution is -0.122. The van der Waals surface area contributed by atoms with Gasteiger partial charge in [-0.1, -0.05) is 18.2 Å². The maximum Gasteiger partial charge on any atom is 0.335 e. The van der Waals surface area contributed by atoms with Crippen LogP contribution in [0.5, 0.6) is 11.5 Å². The highest BCUT2D eigenvalue weighted by Crippen LogP contribution is 2.27. The van der Waals surface area contributed by atoms with Gasteiger partial charge in [-0.3, -0.25) is 14.9 Å². The van der Waals surface area contributed by atoms with E-state index < -0.39 is 17.8 Å². The van der Waals surface area contributed by atoms with E-state index in [1.165, 1.54) is 25.3 Å². The van der Waals surface area contributed by atoms with E-state index in [0.29, 0.717) is 46.9 Å². The average molecular weight is 474 g/mol. The third-order valence-corrected chi connectivity index (χ3v) is 5.44. The molecule has 0 unspecified atom stereocenters. The molecule has 0 bridgehead atoms. The summed E-state index contributed by atoms with van der Waals surface area (Å²) in [6.45, 7) is 2.32. The Morgan fingerprint density at radius 1 is 0.971 bits per heavy atom. The Bertz CT molecular complexity index is 1320. The van der Waals surface area contributed by atoms with Crippen molar-refractivity contribution in [2.24, 2.45) is 0 Å². The predicted molar refractivity (Wildman–Crippen MR) is 129 cm³/mol. The van der Waals surface area contributed by atoms with Crippen molar-refractivity contribution >= 4 is 29.6 Å². The number of ether oxygens (including phenoxy) is 2. The molecule has 1 aliphatic rings. The van der Waals surface area contributed by atoms with Crippen LogP contribution in [-0.4, -0.2) is 31.6 Å². The molecular weight excluding hydrogens is 451 g/mol. The zero-order valence-electron chi connectivity index (χ0n) is 19.2. The van der Waals surface area contributed by atoms with Crippen LogP contribution in [0.25, 0.3) is 6.08 Å². The molecule has 0 saturated carbocycles. The van der Waals surface area contributed by atoms with Crippen molar-refractivity contribution in [2.45, 2.75) is 13.3 Å². The van der Waals surface area contributed by atoms with Crippen molar-refractivity contribution in [3.63, 3.8) is 0 Å². The van der Waals surface area contributed by atoms with Gasteiger partial charge in [0.15, 0.2) is 0 Å². The molecule has 3 aromatic carbocycles. The molecule has 0 radical (unpaired) electrons. The fraction of sp³-hybridized carbons (Fsp3) is 0.148. The van der Waals surface area contributed by atoms with Gasteiger partial charge in [-0.25, -0.2) is 14.1 Å². The second-order valence-corrected chi connectivity index (χ2v) is 7.76. The first kappa shape index (κ1) is 23.7. The maximum absolute atomic E-state index is 13.7. The van der Waals surface area contributed by atoms with Crippen LogP contribution < -0.4 is 19.7 Å². The van der Waals surface area contributed by atoms with Gasteiger partial charge in [0.05, 0.1) is 19.4 Å². The van der Waals surface area contributed by atoms with Crippen molar-refractivity contribution in [3.8, 4) is 11.5 Å². The van der Waals surface area contributed by atoms with Gasteiger partial charge >= 0.3 is 6.03 Å². The number of carbonyl (C=O) groups excluding carboxylic acids is 3. The minimum Gasteiger partial charge on any atom is -0.497 e. The van der Waals surface area contributed by atoms with E-state index >= 15 is 0 Å². The van der Waals surface area contributed by atoms with Gasteiger partial charge in [0.2, 0.25) is 0 Å². The number of halogens is 1. The summed E-state index contributed by atoms with van der Waals surface area (Å²) in [7, 11) is 1.53. The summed E-state index contributed by atoms with van der Waals surface area (Å²) in [5.74, 6) is -0.751. The second kappa shape index (κ2) is 10.2. The number of rotatable bonds is 7. The zero-order valence-corrected chi connectivity index (χ0v) is 19.2. The maximum atomic E-state index is 13.7.